The van der Waals surface area contributed by atoms with Gasteiger partial charge in [-0.3, -0.25) is 0 Å². The molecule has 186 valence electrons. The van der Waals surface area contributed by atoms with E-state index in [2.05, 4.69) is 20.3 Å². The maximum atomic E-state index is 13.7. The van der Waals surface area contributed by atoms with Crippen LogP contribution in [0.3, 0.4) is 0 Å². The van der Waals surface area contributed by atoms with Crippen LogP contribution in [0.4, 0.5) is 19.0 Å². The summed E-state index contributed by atoms with van der Waals surface area (Å²) < 4.78 is 48.1. The Hall–Kier alpha value is -3.13. The molecule has 2 saturated heterocycles. The fraction of sp³-hybridized carbons (Fsp3) is 0.455. The fourth-order valence-electron chi connectivity index (χ4n) is 4.92. The monoisotopic (exact) mass is 492 g/mol. The molecule has 4 heterocycles. The van der Waals surface area contributed by atoms with Crippen molar-refractivity contribution in [2.75, 3.05) is 24.6 Å². The van der Waals surface area contributed by atoms with Gasteiger partial charge < -0.3 is 25.0 Å². The van der Waals surface area contributed by atoms with E-state index >= 15 is 0 Å². The number of hydrogen-bond donors (Lipinski definition) is 3. The first-order valence-electron chi connectivity index (χ1n) is 11.1. The second-order valence-electron chi connectivity index (χ2n) is 8.76. The van der Waals surface area contributed by atoms with Gasteiger partial charge in [-0.15, -0.1) is 5.10 Å². The Kier molecular flexibility index (Phi) is 6.17. The second kappa shape index (κ2) is 9.15. The number of nitrogens with zero attached hydrogens (tertiary/aromatic N) is 6. The first-order valence-corrected chi connectivity index (χ1v) is 11.1. The molecule has 35 heavy (non-hydrogen) atoms. The zero-order valence-electron chi connectivity index (χ0n) is 18.4. The number of piperidine rings is 1. The molecule has 2 aliphatic heterocycles. The number of ether oxygens (including phenoxy) is 1. The minimum atomic E-state index is -1.60. The molecular formula is C22H23F3N6O4. The van der Waals surface area contributed by atoms with Crippen LogP contribution in [0.15, 0.2) is 36.9 Å². The van der Waals surface area contributed by atoms with Gasteiger partial charge >= 0.3 is 0 Å². The summed E-state index contributed by atoms with van der Waals surface area (Å²) in [5, 5.41) is 40.2. The van der Waals surface area contributed by atoms with E-state index < -0.39 is 54.0 Å². The molecule has 0 unspecified atom stereocenters. The summed E-state index contributed by atoms with van der Waals surface area (Å²) in [7, 11) is 0. The summed E-state index contributed by atoms with van der Waals surface area (Å²) in [6, 6.07) is 2.20. The van der Waals surface area contributed by atoms with E-state index in [0.717, 1.165) is 12.1 Å². The lowest BCUT2D eigenvalue weighted by molar-refractivity contribution is -0.257. The van der Waals surface area contributed by atoms with Gasteiger partial charge in [0, 0.05) is 18.3 Å². The van der Waals surface area contributed by atoms with Gasteiger partial charge in [-0.2, -0.15) is 0 Å². The quantitative estimate of drug-likeness (QED) is 0.454. The van der Waals surface area contributed by atoms with Crippen LogP contribution in [-0.2, 0) is 4.74 Å². The molecule has 2 fully saturated rings. The molecule has 2 aromatic heterocycles. The van der Waals surface area contributed by atoms with E-state index in [1.165, 1.54) is 17.2 Å². The van der Waals surface area contributed by atoms with Crippen LogP contribution in [0.1, 0.15) is 18.9 Å². The molecule has 1 spiro atoms. The van der Waals surface area contributed by atoms with Crippen molar-refractivity contribution >= 4 is 5.82 Å². The Labute approximate surface area is 197 Å². The van der Waals surface area contributed by atoms with E-state index in [0.29, 0.717) is 25.2 Å². The summed E-state index contributed by atoms with van der Waals surface area (Å²) in [6.45, 7) is 0.359. The third-order valence-electron chi connectivity index (χ3n) is 6.63. The van der Waals surface area contributed by atoms with Gasteiger partial charge in [0.1, 0.15) is 47.8 Å². The molecule has 2 aliphatic rings. The molecule has 0 bridgehead atoms. The van der Waals surface area contributed by atoms with E-state index in [-0.39, 0.29) is 17.8 Å². The molecule has 0 radical (unpaired) electrons. The standard InChI is InChI=1S/C22H23F3N6O4/c23-13-6-12(7-14(24)18(13)25)15-8-31(29-28-15)19-20(33)16(9-32)35-22(21(19)34)3-1-5-30(10-22)17-2-4-26-11-27-17/h2,4,6-8,11,16,19-21,32-34H,1,3,5,9-10H2/t16-,19+,20+,21+,22-/m1/s1. The molecule has 5 atom stereocenters. The topological polar surface area (TPSA) is 130 Å². The lowest BCUT2D eigenvalue weighted by atomic mass is 9.78. The van der Waals surface area contributed by atoms with Gasteiger partial charge in [0.25, 0.3) is 0 Å². The molecule has 10 nitrogen and oxygen atoms in total. The minimum absolute atomic E-state index is 0.00884. The van der Waals surface area contributed by atoms with Gasteiger partial charge in [-0.05, 0) is 31.0 Å². The van der Waals surface area contributed by atoms with Crippen molar-refractivity contribution in [2.24, 2.45) is 0 Å². The first kappa shape index (κ1) is 23.6. The number of rotatable bonds is 4. The maximum absolute atomic E-state index is 13.7. The zero-order valence-corrected chi connectivity index (χ0v) is 18.4. The Morgan fingerprint density at radius 1 is 1.17 bits per heavy atom. The van der Waals surface area contributed by atoms with Crippen molar-refractivity contribution in [3.05, 3.63) is 54.4 Å². The molecule has 1 aromatic carbocycles. The number of anilines is 1. The van der Waals surface area contributed by atoms with Crippen molar-refractivity contribution in [1.82, 2.24) is 25.0 Å². The van der Waals surface area contributed by atoms with Crippen LogP contribution in [0.2, 0.25) is 0 Å². The summed E-state index contributed by atoms with van der Waals surface area (Å²) in [5.74, 6) is -3.73. The van der Waals surface area contributed by atoms with Gasteiger partial charge in [0.05, 0.1) is 19.3 Å². The van der Waals surface area contributed by atoms with Crippen LogP contribution >= 0.6 is 0 Å². The Morgan fingerprint density at radius 2 is 1.94 bits per heavy atom. The number of aliphatic hydroxyl groups is 3. The number of aliphatic hydroxyl groups excluding tert-OH is 3. The summed E-state index contributed by atoms with van der Waals surface area (Å²) in [4.78, 5) is 10.1. The van der Waals surface area contributed by atoms with Gasteiger partial charge in [0.15, 0.2) is 17.5 Å². The summed E-state index contributed by atoms with van der Waals surface area (Å²) in [5.41, 5.74) is -1.24. The number of halogens is 3. The summed E-state index contributed by atoms with van der Waals surface area (Å²) in [6.07, 6.45) is 1.68. The first-order chi connectivity index (χ1) is 16.8. The number of hydrogen-bond acceptors (Lipinski definition) is 9. The average molecular weight is 492 g/mol. The largest absolute Gasteiger partial charge is 0.394 e. The lowest BCUT2D eigenvalue weighted by Crippen LogP contribution is -2.67. The average Bonchev–Trinajstić information content (AvgIpc) is 3.35. The predicted octanol–water partition coefficient (Wildman–Crippen LogP) is 0.846. The van der Waals surface area contributed by atoms with Crippen molar-refractivity contribution in [3.63, 3.8) is 0 Å². The molecule has 0 saturated carbocycles. The normalized spacial score (nSPS) is 29.0. The van der Waals surface area contributed by atoms with Crippen molar-refractivity contribution in [1.29, 1.82) is 0 Å². The van der Waals surface area contributed by atoms with E-state index in [9.17, 15) is 28.5 Å². The Balaban J connectivity index is 1.48. The predicted molar refractivity (Wildman–Crippen MR) is 115 cm³/mol. The molecule has 0 amide bonds. The highest BCUT2D eigenvalue weighted by Gasteiger charge is 2.56. The molecule has 5 rings (SSSR count). The highest BCUT2D eigenvalue weighted by Crippen LogP contribution is 2.42. The fourth-order valence-corrected chi connectivity index (χ4v) is 4.92. The van der Waals surface area contributed by atoms with Gasteiger partial charge in [-0.1, -0.05) is 5.21 Å². The van der Waals surface area contributed by atoms with Crippen LogP contribution < -0.4 is 4.90 Å². The van der Waals surface area contributed by atoms with Crippen LogP contribution in [0.25, 0.3) is 11.3 Å². The summed E-state index contributed by atoms with van der Waals surface area (Å²) >= 11 is 0. The third kappa shape index (κ3) is 4.14. The smallest absolute Gasteiger partial charge is 0.194 e. The third-order valence-corrected chi connectivity index (χ3v) is 6.63. The highest BCUT2D eigenvalue weighted by atomic mass is 19.2. The Morgan fingerprint density at radius 3 is 2.63 bits per heavy atom. The molecule has 3 aromatic rings. The Bertz CT molecular complexity index is 1180. The molecule has 0 aliphatic carbocycles. The minimum Gasteiger partial charge on any atom is -0.394 e. The van der Waals surface area contributed by atoms with Crippen molar-refractivity contribution < 1.29 is 33.2 Å². The molecule has 13 heteroatoms. The van der Waals surface area contributed by atoms with Crippen molar-refractivity contribution in [2.45, 2.75) is 42.8 Å². The van der Waals surface area contributed by atoms with Gasteiger partial charge in [0.2, 0.25) is 0 Å². The number of aromatic nitrogens is 5. The van der Waals surface area contributed by atoms with Crippen molar-refractivity contribution in [3.8, 4) is 11.3 Å². The lowest BCUT2D eigenvalue weighted by Gasteiger charge is -2.53. The molecule has 3 N–H and O–H groups in total. The second-order valence-corrected chi connectivity index (χ2v) is 8.76. The highest BCUT2D eigenvalue weighted by molar-refractivity contribution is 5.58. The van der Waals surface area contributed by atoms with Crippen LogP contribution in [0.5, 0.6) is 0 Å². The maximum Gasteiger partial charge on any atom is 0.194 e. The van der Waals surface area contributed by atoms with E-state index in [1.54, 1.807) is 12.3 Å². The van der Waals surface area contributed by atoms with Crippen LogP contribution in [-0.4, -0.2) is 83.9 Å². The van der Waals surface area contributed by atoms with Gasteiger partial charge in [-0.25, -0.2) is 27.8 Å². The number of benzene rings is 1. The zero-order chi connectivity index (χ0) is 24.7. The SMILES string of the molecule is OC[C@H]1O[C@@]2(CCCN(c3ccncn3)C2)[C@@H](O)[C@@H](n2cc(-c3cc(F)c(F)c(F)c3)nn2)[C@H]1O. The van der Waals surface area contributed by atoms with E-state index in [4.69, 9.17) is 4.74 Å². The molecular weight excluding hydrogens is 469 g/mol. The van der Waals surface area contributed by atoms with E-state index in [1.807, 2.05) is 4.90 Å². The van der Waals surface area contributed by atoms with Crippen LogP contribution in [0, 0.1) is 17.5 Å².